The van der Waals surface area contributed by atoms with Gasteiger partial charge < -0.3 is 19.5 Å². The molecule has 1 aliphatic rings. The van der Waals surface area contributed by atoms with Crippen molar-refractivity contribution in [3.8, 4) is 5.75 Å². The van der Waals surface area contributed by atoms with Crippen LogP contribution in [0.15, 0.2) is 42.5 Å². The van der Waals surface area contributed by atoms with Crippen LogP contribution in [0, 0.1) is 10.1 Å². The van der Waals surface area contributed by atoms with Crippen LogP contribution >= 0.6 is 0 Å². The van der Waals surface area contributed by atoms with Gasteiger partial charge >= 0.3 is 5.97 Å². The van der Waals surface area contributed by atoms with E-state index in [9.17, 15) is 19.7 Å². The van der Waals surface area contributed by atoms with Gasteiger partial charge in [-0.25, -0.2) is 4.79 Å². The summed E-state index contributed by atoms with van der Waals surface area (Å²) in [4.78, 5) is 35.9. The minimum atomic E-state index is -0.904. The second-order valence-corrected chi connectivity index (χ2v) is 6.86. The summed E-state index contributed by atoms with van der Waals surface area (Å²) in [6.45, 7) is 0.779. The number of amides is 1. The molecule has 0 spiro atoms. The van der Waals surface area contributed by atoms with Crippen molar-refractivity contribution in [2.75, 3.05) is 32.8 Å². The lowest BCUT2D eigenvalue weighted by Crippen LogP contribution is -2.44. The number of nitrogens with zero attached hydrogens (tertiary/aromatic N) is 1. The van der Waals surface area contributed by atoms with E-state index in [0.29, 0.717) is 43.1 Å². The molecule has 0 aliphatic carbocycles. The quantitative estimate of drug-likeness (QED) is 0.438. The molecule has 0 atom stereocenters. The number of carbonyl (C=O) groups excluding carboxylic acids is 2. The Labute approximate surface area is 173 Å². The summed E-state index contributed by atoms with van der Waals surface area (Å²) in [5, 5.41) is 13.8. The molecule has 2 aromatic rings. The molecule has 9 heteroatoms. The number of nitro groups is 1. The van der Waals surface area contributed by atoms with E-state index in [1.54, 1.807) is 24.3 Å². The first-order valence-electron chi connectivity index (χ1n) is 9.32. The van der Waals surface area contributed by atoms with Crippen LogP contribution < -0.4 is 10.1 Å². The second-order valence-electron chi connectivity index (χ2n) is 6.86. The van der Waals surface area contributed by atoms with Gasteiger partial charge in [-0.1, -0.05) is 12.1 Å². The molecule has 2 aromatic carbocycles. The minimum absolute atomic E-state index is 0.0424. The molecule has 1 saturated heterocycles. The average Bonchev–Trinajstić information content (AvgIpc) is 2.78. The van der Waals surface area contributed by atoms with Gasteiger partial charge in [-0.3, -0.25) is 14.9 Å². The minimum Gasteiger partial charge on any atom is -0.496 e. The molecule has 30 heavy (non-hydrogen) atoms. The highest BCUT2D eigenvalue weighted by Crippen LogP contribution is 2.37. The topological polar surface area (TPSA) is 117 Å². The summed E-state index contributed by atoms with van der Waals surface area (Å²) in [6, 6.07) is 10.7. The van der Waals surface area contributed by atoms with Crippen LogP contribution in [-0.4, -0.2) is 44.2 Å². The third kappa shape index (κ3) is 4.11. The lowest BCUT2D eigenvalue weighted by Gasteiger charge is -2.36. The summed E-state index contributed by atoms with van der Waals surface area (Å²) in [7, 11) is 2.70. The van der Waals surface area contributed by atoms with Gasteiger partial charge in [0, 0.05) is 31.0 Å². The number of nitrogens with one attached hydrogen (secondary N) is 1. The first-order valence-corrected chi connectivity index (χ1v) is 9.32. The number of nitro benzene ring substituents is 1. The summed E-state index contributed by atoms with van der Waals surface area (Å²) >= 11 is 0. The molecule has 0 saturated carbocycles. The van der Waals surface area contributed by atoms with Crippen LogP contribution in [0.3, 0.4) is 0 Å². The fourth-order valence-corrected chi connectivity index (χ4v) is 3.57. The summed E-state index contributed by atoms with van der Waals surface area (Å²) in [5.41, 5.74) is 0.330. The van der Waals surface area contributed by atoms with Crippen molar-refractivity contribution in [3.63, 3.8) is 0 Å². The summed E-state index contributed by atoms with van der Waals surface area (Å²) in [5.74, 6) is -0.532. The zero-order chi connectivity index (χ0) is 21.7. The number of anilines is 1. The van der Waals surface area contributed by atoms with Gasteiger partial charge in [0.05, 0.1) is 24.6 Å². The maximum absolute atomic E-state index is 13.4. The number of methoxy groups -OCH3 is 2. The summed E-state index contributed by atoms with van der Waals surface area (Å²) < 4.78 is 15.4. The lowest BCUT2D eigenvalue weighted by molar-refractivity contribution is -0.384. The van der Waals surface area contributed by atoms with Crippen molar-refractivity contribution in [3.05, 3.63) is 63.7 Å². The van der Waals surface area contributed by atoms with Crippen LogP contribution in [0.5, 0.6) is 5.75 Å². The van der Waals surface area contributed by atoms with Crippen LogP contribution in [-0.2, 0) is 19.7 Å². The van der Waals surface area contributed by atoms with Crippen molar-refractivity contribution >= 4 is 23.3 Å². The van der Waals surface area contributed by atoms with E-state index in [2.05, 4.69) is 5.32 Å². The molecular formula is C21H22N2O7. The molecule has 9 nitrogen and oxygen atoms in total. The molecule has 158 valence electrons. The number of hydrogen-bond donors (Lipinski definition) is 1. The van der Waals surface area contributed by atoms with Gasteiger partial charge in [0.15, 0.2) is 0 Å². The van der Waals surface area contributed by atoms with Crippen LogP contribution in [0.2, 0.25) is 0 Å². The predicted molar refractivity (Wildman–Crippen MR) is 108 cm³/mol. The van der Waals surface area contributed by atoms with Gasteiger partial charge in [0.2, 0.25) is 5.91 Å². The number of benzene rings is 2. The highest BCUT2D eigenvalue weighted by Gasteiger charge is 2.42. The van der Waals surface area contributed by atoms with Crippen molar-refractivity contribution < 1.29 is 28.7 Å². The summed E-state index contributed by atoms with van der Waals surface area (Å²) in [6.07, 6.45) is 0.854. The fraction of sp³-hybridized carbons (Fsp3) is 0.333. The fourth-order valence-electron chi connectivity index (χ4n) is 3.57. The zero-order valence-electron chi connectivity index (χ0n) is 16.7. The average molecular weight is 414 g/mol. The Kier molecular flexibility index (Phi) is 6.31. The third-order valence-corrected chi connectivity index (χ3v) is 5.27. The van der Waals surface area contributed by atoms with E-state index in [1.165, 1.54) is 32.4 Å². The molecule has 0 unspecified atom stereocenters. The van der Waals surface area contributed by atoms with E-state index < -0.39 is 16.3 Å². The van der Waals surface area contributed by atoms with Gasteiger partial charge in [-0.15, -0.1) is 0 Å². The van der Waals surface area contributed by atoms with E-state index >= 15 is 0 Å². The van der Waals surface area contributed by atoms with Gasteiger partial charge in [0.25, 0.3) is 5.69 Å². The molecule has 0 radical (unpaired) electrons. The van der Waals surface area contributed by atoms with Crippen LogP contribution in [0.1, 0.15) is 28.8 Å². The van der Waals surface area contributed by atoms with Crippen molar-refractivity contribution in [2.24, 2.45) is 0 Å². The van der Waals surface area contributed by atoms with Crippen LogP contribution in [0.4, 0.5) is 11.4 Å². The zero-order valence-corrected chi connectivity index (χ0v) is 16.7. The Morgan fingerprint density at radius 2 is 1.77 bits per heavy atom. The Morgan fingerprint density at radius 3 is 2.33 bits per heavy atom. The first-order chi connectivity index (χ1) is 14.4. The van der Waals surface area contributed by atoms with Crippen molar-refractivity contribution in [2.45, 2.75) is 18.3 Å². The predicted octanol–water partition coefficient (Wildman–Crippen LogP) is 3.08. The third-order valence-electron chi connectivity index (χ3n) is 5.27. The molecule has 1 fully saturated rings. The van der Waals surface area contributed by atoms with Crippen molar-refractivity contribution in [1.82, 2.24) is 0 Å². The molecule has 0 aromatic heterocycles. The maximum atomic E-state index is 13.4. The Morgan fingerprint density at radius 1 is 1.10 bits per heavy atom. The number of hydrogen-bond acceptors (Lipinski definition) is 7. The molecule has 1 amide bonds. The van der Waals surface area contributed by atoms with E-state index in [4.69, 9.17) is 14.2 Å². The molecule has 3 rings (SSSR count). The Bertz CT molecular complexity index is 950. The van der Waals surface area contributed by atoms with E-state index in [0.717, 1.165) is 0 Å². The van der Waals surface area contributed by atoms with E-state index in [-0.39, 0.29) is 17.2 Å². The van der Waals surface area contributed by atoms with Gasteiger partial charge in [-0.05, 0) is 36.6 Å². The molecule has 1 heterocycles. The van der Waals surface area contributed by atoms with Crippen LogP contribution in [0.25, 0.3) is 0 Å². The SMILES string of the molecule is COC(=O)c1cc(NC(=O)C2(c3ccc([N+](=O)[O-])cc3)CCOCC2)ccc1OC. The normalized spacial score (nSPS) is 15.1. The number of rotatable bonds is 6. The lowest BCUT2D eigenvalue weighted by atomic mass is 9.73. The Hall–Kier alpha value is -3.46. The van der Waals surface area contributed by atoms with Gasteiger partial charge in [-0.2, -0.15) is 0 Å². The number of esters is 1. The molecular weight excluding hydrogens is 392 g/mol. The first kappa shape index (κ1) is 21.3. The monoisotopic (exact) mass is 414 g/mol. The molecule has 1 aliphatic heterocycles. The number of carbonyl (C=O) groups is 2. The highest BCUT2D eigenvalue weighted by molar-refractivity contribution is 6.01. The molecule has 1 N–H and O–H groups in total. The maximum Gasteiger partial charge on any atom is 0.341 e. The Balaban J connectivity index is 1.93. The highest BCUT2D eigenvalue weighted by atomic mass is 16.6. The van der Waals surface area contributed by atoms with E-state index in [1.807, 2.05) is 0 Å². The van der Waals surface area contributed by atoms with Gasteiger partial charge in [0.1, 0.15) is 11.3 Å². The number of ether oxygens (including phenoxy) is 3. The second kappa shape index (κ2) is 8.91. The number of non-ortho nitro benzene ring substituents is 1. The standard InChI is InChI=1S/C21H22N2O7/c1-28-18-8-5-15(13-17(18)19(24)29-2)22-20(25)21(9-11-30-12-10-21)14-3-6-16(7-4-14)23(26)27/h3-8,13H,9-12H2,1-2H3,(H,22,25). The molecule has 0 bridgehead atoms. The smallest absolute Gasteiger partial charge is 0.341 e. The largest absolute Gasteiger partial charge is 0.496 e. The van der Waals surface area contributed by atoms with Crippen molar-refractivity contribution in [1.29, 1.82) is 0 Å².